The minimum Gasteiger partial charge on any atom is -0.248 e. The number of aromatic nitrogens is 2. The first-order valence-electron chi connectivity index (χ1n) is 5.50. The first kappa shape index (κ1) is 10.4. The highest BCUT2D eigenvalue weighted by Crippen LogP contribution is 2.20. The van der Waals surface area contributed by atoms with E-state index < -0.39 is 0 Å². The van der Waals surface area contributed by atoms with Crippen LogP contribution in [-0.2, 0) is 0 Å². The van der Waals surface area contributed by atoms with Crippen LogP contribution < -0.4 is 0 Å². The Morgan fingerprint density at radius 1 is 1.17 bits per heavy atom. The van der Waals surface area contributed by atoms with Crippen LogP contribution in [-0.4, -0.2) is 9.97 Å². The predicted octanol–water partition coefficient (Wildman–Crippen LogP) is 2.97. The van der Waals surface area contributed by atoms with Gasteiger partial charge >= 0.3 is 0 Å². The first-order valence-corrected chi connectivity index (χ1v) is 5.50. The van der Waals surface area contributed by atoms with Crippen molar-refractivity contribution < 1.29 is 0 Å². The second kappa shape index (κ2) is 4.27. The van der Waals surface area contributed by atoms with E-state index in [1.54, 1.807) is 12.3 Å². The van der Waals surface area contributed by atoms with Crippen LogP contribution in [0.2, 0.25) is 0 Å². The van der Waals surface area contributed by atoms with Gasteiger partial charge in [0.1, 0.15) is 11.8 Å². The molecule has 83 valence electrons. The third-order valence-electron chi connectivity index (χ3n) is 2.70. The quantitative estimate of drug-likeness (QED) is 0.645. The predicted molar refractivity (Wildman–Crippen MR) is 68.5 cm³/mol. The van der Waals surface area contributed by atoms with Crippen molar-refractivity contribution in [1.29, 1.82) is 5.26 Å². The van der Waals surface area contributed by atoms with E-state index >= 15 is 0 Å². The number of pyridine rings is 2. The maximum absolute atomic E-state index is 8.84. The standard InChI is InChI=1S/C15H8N3/c16-10-13-9-12(7-8-17-13)15-6-5-11-3-1-2-4-14(11)18-15/h2-9H. The molecule has 0 saturated carbocycles. The van der Waals surface area contributed by atoms with Crippen LogP contribution in [0.15, 0.2) is 48.7 Å². The highest BCUT2D eigenvalue weighted by atomic mass is 14.7. The van der Waals surface area contributed by atoms with Crippen LogP contribution in [0.1, 0.15) is 5.69 Å². The molecule has 0 spiro atoms. The van der Waals surface area contributed by atoms with Gasteiger partial charge in [-0.05, 0) is 36.4 Å². The maximum Gasteiger partial charge on any atom is 0.141 e. The fourth-order valence-electron chi connectivity index (χ4n) is 1.82. The van der Waals surface area contributed by atoms with E-state index in [0.717, 1.165) is 22.2 Å². The van der Waals surface area contributed by atoms with Crippen LogP contribution in [0, 0.1) is 17.4 Å². The Morgan fingerprint density at radius 2 is 2.11 bits per heavy atom. The number of nitriles is 1. The molecule has 0 atom stereocenters. The summed E-state index contributed by atoms with van der Waals surface area (Å²) in [5.74, 6) is 0. The van der Waals surface area contributed by atoms with Gasteiger partial charge in [-0.2, -0.15) is 5.26 Å². The molecule has 3 rings (SSSR count). The summed E-state index contributed by atoms with van der Waals surface area (Å²) in [6.07, 6.45) is 1.62. The van der Waals surface area contributed by atoms with Crippen molar-refractivity contribution in [1.82, 2.24) is 9.97 Å². The molecule has 0 saturated heterocycles. The molecule has 2 heterocycles. The molecule has 0 unspecified atom stereocenters. The van der Waals surface area contributed by atoms with Gasteiger partial charge in [0.05, 0.1) is 11.2 Å². The van der Waals surface area contributed by atoms with Crippen molar-refractivity contribution in [3.05, 3.63) is 60.4 Å². The Morgan fingerprint density at radius 3 is 3.00 bits per heavy atom. The zero-order valence-electron chi connectivity index (χ0n) is 9.46. The van der Waals surface area contributed by atoms with Gasteiger partial charge in [-0.3, -0.25) is 0 Å². The van der Waals surface area contributed by atoms with Gasteiger partial charge in [-0.15, -0.1) is 0 Å². The zero-order chi connectivity index (χ0) is 12.4. The molecule has 0 fully saturated rings. The lowest BCUT2D eigenvalue weighted by Gasteiger charge is -2.03. The van der Waals surface area contributed by atoms with Gasteiger partial charge in [-0.25, -0.2) is 9.97 Å². The van der Waals surface area contributed by atoms with Crippen molar-refractivity contribution in [3.63, 3.8) is 0 Å². The van der Waals surface area contributed by atoms with Gasteiger partial charge in [-0.1, -0.05) is 12.1 Å². The van der Waals surface area contributed by atoms with E-state index in [0.29, 0.717) is 5.69 Å². The van der Waals surface area contributed by atoms with Crippen LogP contribution in [0.25, 0.3) is 22.2 Å². The van der Waals surface area contributed by atoms with Crippen LogP contribution in [0.3, 0.4) is 0 Å². The van der Waals surface area contributed by atoms with Crippen molar-refractivity contribution in [2.24, 2.45) is 0 Å². The topological polar surface area (TPSA) is 49.6 Å². The molecule has 18 heavy (non-hydrogen) atoms. The smallest absolute Gasteiger partial charge is 0.141 e. The molecule has 0 aliphatic rings. The van der Waals surface area contributed by atoms with Crippen LogP contribution in [0.5, 0.6) is 0 Å². The minimum absolute atomic E-state index is 0.399. The normalized spacial score (nSPS) is 10.2. The van der Waals surface area contributed by atoms with Crippen LogP contribution in [0.4, 0.5) is 0 Å². The number of rotatable bonds is 1. The Bertz CT molecular complexity index is 757. The second-order valence-corrected chi connectivity index (χ2v) is 3.86. The molecule has 0 aliphatic heterocycles. The van der Waals surface area contributed by atoms with Gasteiger partial charge < -0.3 is 0 Å². The molecule has 0 bridgehead atoms. The van der Waals surface area contributed by atoms with Crippen molar-refractivity contribution in [2.45, 2.75) is 0 Å². The van der Waals surface area contributed by atoms with Crippen molar-refractivity contribution in [2.75, 3.05) is 0 Å². The number of hydrogen-bond donors (Lipinski definition) is 0. The van der Waals surface area contributed by atoms with E-state index in [1.807, 2.05) is 42.5 Å². The van der Waals surface area contributed by atoms with E-state index in [1.165, 1.54) is 0 Å². The largest absolute Gasteiger partial charge is 0.248 e. The molecular formula is C15H8N3. The number of nitrogens with zero attached hydrogens (tertiary/aromatic N) is 3. The van der Waals surface area contributed by atoms with Gasteiger partial charge in [0.15, 0.2) is 0 Å². The summed E-state index contributed by atoms with van der Waals surface area (Å²) in [7, 11) is 0. The fourth-order valence-corrected chi connectivity index (χ4v) is 1.82. The number of fused-ring (bicyclic) bond motifs is 1. The molecular weight excluding hydrogens is 222 g/mol. The molecule has 0 aliphatic carbocycles. The second-order valence-electron chi connectivity index (χ2n) is 3.86. The fraction of sp³-hybridized carbons (Fsp3) is 0. The van der Waals surface area contributed by atoms with Gasteiger partial charge in [0, 0.05) is 17.1 Å². The van der Waals surface area contributed by atoms with Crippen molar-refractivity contribution in [3.8, 4) is 17.3 Å². The van der Waals surface area contributed by atoms with Crippen molar-refractivity contribution >= 4 is 10.9 Å². The van der Waals surface area contributed by atoms with Gasteiger partial charge in [0.2, 0.25) is 0 Å². The van der Waals surface area contributed by atoms with E-state index in [9.17, 15) is 0 Å². The summed E-state index contributed by atoms with van der Waals surface area (Å²) in [6.45, 7) is 0. The lowest BCUT2D eigenvalue weighted by atomic mass is 10.1. The molecule has 0 N–H and O–H groups in total. The highest BCUT2D eigenvalue weighted by molar-refractivity contribution is 5.81. The lowest BCUT2D eigenvalue weighted by molar-refractivity contribution is 1.26. The first-order chi connectivity index (χ1) is 8.86. The summed E-state index contributed by atoms with van der Waals surface area (Å²) >= 11 is 0. The molecule has 3 nitrogen and oxygen atoms in total. The Balaban J connectivity index is 2.16. The van der Waals surface area contributed by atoms with E-state index in [-0.39, 0.29) is 0 Å². The molecule has 3 aromatic rings. The maximum atomic E-state index is 8.84. The van der Waals surface area contributed by atoms with E-state index in [4.69, 9.17) is 5.26 Å². The monoisotopic (exact) mass is 230 g/mol. The number of hydrogen-bond acceptors (Lipinski definition) is 3. The third kappa shape index (κ3) is 1.80. The summed E-state index contributed by atoms with van der Waals surface area (Å²) < 4.78 is 0. The summed E-state index contributed by atoms with van der Waals surface area (Å²) in [6, 6.07) is 18.2. The molecule has 2 aromatic heterocycles. The third-order valence-corrected chi connectivity index (χ3v) is 2.70. The average Bonchev–Trinajstić information content (AvgIpc) is 2.47. The summed E-state index contributed by atoms with van der Waals surface area (Å²) in [5.41, 5.74) is 3.06. The Kier molecular flexibility index (Phi) is 2.47. The summed E-state index contributed by atoms with van der Waals surface area (Å²) in [5, 5.41) is 9.90. The van der Waals surface area contributed by atoms with Gasteiger partial charge in [0.25, 0.3) is 0 Å². The highest BCUT2D eigenvalue weighted by Gasteiger charge is 2.02. The van der Waals surface area contributed by atoms with E-state index in [2.05, 4.69) is 16.0 Å². The Hall–Kier alpha value is -2.73. The molecule has 0 amide bonds. The Labute approximate surface area is 104 Å². The molecule has 1 radical (unpaired) electrons. The average molecular weight is 230 g/mol. The minimum atomic E-state index is 0.399. The lowest BCUT2D eigenvalue weighted by Crippen LogP contribution is -1.88. The molecule has 1 aromatic carbocycles. The SMILES string of the molecule is N#Cc1cc(-c2ccc3c[c]ccc3n2)ccn1. The number of benzene rings is 1. The molecule has 3 heteroatoms. The van der Waals surface area contributed by atoms with Crippen LogP contribution >= 0.6 is 0 Å². The summed E-state index contributed by atoms with van der Waals surface area (Å²) in [4.78, 5) is 8.52. The zero-order valence-corrected chi connectivity index (χ0v) is 9.46.